The van der Waals surface area contributed by atoms with Gasteiger partial charge in [-0.15, -0.1) is 0 Å². The molecular formula is C11H14N2O3S. The first-order valence-corrected chi connectivity index (χ1v) is 5.45. The van der Waals surface area contributed by atoms with Crippen LogP contribution in [0.2, 0.25) is 0 Å². The zero-order chi connectivity index (χ0) is 12.8. The van der Waals surface area contributed by atoms with E-state index in [1.54, 1.807) is 31.2 Å². The monoisotopic (exact) mass is 254 g/mol. The number of nitrogens with one attached hydrogen (secondary N) is 1. The number of amides is 2. The molecular weight excluding hydrogens is 240 g/mol. The van der Waals surface area contributed by atoms with Crippen molar-refractivity contribution in [2.75, 3.05) is 16.7 Å². The third-order valence-electron chi connectivity index (χ3n) is 2.06. The van der Waals surface area contributed by atoms with Crippen molar-refractivity contribution in [3.05, 3.63) is 24.3 Å². The quantitative estimate of drug-likeness (QED) is 0.815. The second-order valence-corrected chi connectivity index (χ2v) is 3.63. The van der Waals surface area contributed by atoms with Gasteiger partial charge in [-0.25, -0.2) is 4.79 Å². The van der Waals surface area contributed by atoms with Gasteiger partial charge >= 0.3 is 6.09 Å². The summed E-state index contributed by atoms with van der Waals surface area (Å²) >= 11 is 4.10. The van der Waals surface area contributed by atoms with Crippen LogP contribution in [-0.2, 0) is 9.53 Å². The molecule has 5 nitrogen and oxygen atoms in total. The zero-order valence-electron chi connectivity index (χ0n) is 9.64. The minimum Gasteiger partial charge on any atom is -0.453 e. The Hall–Kier alpha value is -1.69. The minimum atomic E-state index is -0.560. The van der Waals surface area contributed by atoms with Crippen LogP contribution in [0.15, 0.2) is 24.3 Å². The van der Waals surface area contributed by atoms with Gasteiger partial charge in [-0.1, -0.05) is 25.8 Å². The second kappa shape index (κ2) is 6.15. The van der Waals surface area contributed by atoms with E-state index in [1.807, 2.05) is 0 Å². The number of ether oxygens (including phenoxy) is 1. The van der Waals surface area contributed by atoms with Gasteiger partial charge in [0, 0.05) is 12.1 Å². The van der Waals surface area contributed by atoms with Crippen LogP contribution >= 0.6 is 12.8 Å². The number of hydrogen-bond acceptors (Lipinski definition) is 4. The number of thiol groups is 1. The SMILES string of the molecule is CCC(=O)N(S)c1cccc(NC(=O)OC)c1. The van der Waals surface area contributed by atoms with Crippen LogP contribution in [0.3, 0.4) is 0 Å². The molecule has 17 heavy (non-hydrogen) atoms. The first-order valence-electron chi connectivity index (χ1n) is 5.05. The normalized spacial score (nSPS) is 9.59. The largest absolute Gasteiger partial charge is 0.453 e. The Kier molecular flexibility index (Phi) is 4.84. The number of nitrogens with zero attached hydrogens (tertiary/aromatic N) is 1. The van der Waals surface area contributed by atoms with Crippen LogP contribution < -0.4 is 9.62 Å². The maximum absolute atomic E-state index is 11.4. The summed E-state index contributed by atoms with van der Waals surface area (Å²) in [6.07, 6.45) is -0.201. The fourth-order valence-electron chi connectivity index (χ4n) is 1.18. The van der Waals surface area contributed by atoms with Gasteiger partial charge in [-0.2, -0.15) is 0 Å². The van der Waals surface area contributed by atoms with Crippen LogP contribution in [-0.4, -0.2) is 19.1 Å². The smallest absolute Gasteiger partial charge is 0.411 e. The molecule has 1 aromatic carbocycles. The van der Waals surface area contributed by atoms with Gasteiger partial charge in [0.25, 0.3) is 0 Å². The lowest BCUT2D eigenvalue weighted by atomic mass is 10.2. The maximum Gasteiger partial charge on any atom is 0.411 e. The van der Waals surface area contributed by atoms with Crippen LogP contribution in [0.25, 0.3) is 0 Å². The molecule has 92 valence electrons. The predicted octanol–water partition coefficient (Wildman–Crippen LogP) is 2.45. The average Bonchev–Trinajstić information content (AvgIpc) is 2.37. The van der Waals surface area contributed by atoms with Gasteiger partial charge in [0.05, 0.1) is 12.8 Å². The number of benzene rings is 1. The van der Waals surface area contributed by atoms with Crippen LogP contribution in [0, 0.1) is 0 Å². The summed E-state index contributed by atoms with van der Waals surface area (Å²) in [4.78, 5) is 22.5. The standard InChI is InChI=1S/C11H14N2O3S/c1-3-10(14)13(17)9-6-4-5-8(7-9)12-11(15)16-2/h4-7,17H,3H2,1-2H3,(H,12,15). The summed E-state index contributed by atoms with van der Waals surface area (Å²) in [5.41, 5.74) is 1.13. The molecule has 0 aliphatic rings. The molecule has 1 N–H and O–H groups in total. The number of carbonyl (C=O) groups is 2. The molecule has 2 amide bonds. The third kappa shape index (κ3) is 3.67. The molecule has 0 atom stereocenters. The molecule has 0 heterocycles. The van der Waals surface area contributed by atoms with Crippen LogP contribution in [0.5, 0.6) is 0 Å². The van der Waals surface area contributed by atoms with E-state index in [9.17, 15) is 9.59 Å². The summed E-state index contributed by atoms with van der Waals surface area (Å²) < 4.78 is 5.71. The van der Waals surface area contributed by atoms with Crippen molar-refractivity contribution in [1.29, 1.82) is 0 Å². The van der Waals surface area contributed by atoms with Crippen molar-refractivity contribution in [3.63, 3.8) is 0 Å². The highest BCUT2D eigenvalue weighted by Gasteiger charge is 2.10. The summed E-state index contributed by atoms with van der Waals surface area (Å²) in [7, 11) is 1.28. The van der Waals surface area contributed by atoms with Crippen LogP contribution in [0.4, 0.5) is 16.2 Å². The average molecular weight is 254 g/mol. The lowest BCUT2D eigenvalue weighted by Gasteiger charge is -2.15. The summed E-state index contributed by atoms with van der Waals surface area (Å²) in [6, 6.07) is 6.77. The van der Waals surface area contributed by atoms with E-state index in [0.717, 1.165) is 0 Å². The third-order valence-corrected chi connectivity index (χ3v) is 2.52. The van der Waals surface area contributed by atoms with Gasteiger partial charge in [-0.3, -0.25) is 14.4 Å². The first kappa shape index (κ1) is 13.4. The number of methoxy groups -OCH3 is 1. The lowest BCUT2D eigenvalue weighted by molar-refractivity contribution is -0.117. The Morgan fingerprint density at radius 1 is 1.47 bits per heavy atom. The molecule has 0 aliphatic heterocycles. The van der Waals surface area contributed by atoms with E-state index in [4.69, 9.17) is 0 Å². The molecule has 0 radical (unpaired) electrons. The van der Waals surface area contributed by atoms with Crippen molar-refractivity contribution in [2.24, 2.45) is 0 Å². The van der Waals surface area contributed by atoms with Gasteiger partial charge in [-0.05, 0) is 18.2 Å². The molecule has 0 fully saturated rings. The summed E-state index contributed by atoms with van der Waals surface area (Å²) in [6.45, 7) is 1.75. The zero-order valence-corrected chi connectivity index (χ0v) is 10.5. The van der Waals surface area contributed by atoms with Crippen LogP contribution in [0.1, 0.15) is 13.3 Å². The van der Waals surface area contributed by atoms with Crippen molar-refractivity contribution in [2.45, 2.75) is 13.3 Å². The van der Waals surface area contributed by atoms with E-state index in [0.29, 0.717) is 17.8 Å². The molecule has 0 saturated heterocycles. The summed E-state index contributed by atoms with van der Waals surface area (Å²) in [5, 5.41) is 2.51. The Morgan fingerprint density at radius 2 is 2.18 bits per heavy atom. The highest BCUT2D eigenvalue weighted by Crippen LogP contribution is 2.21. The van der Waals surface area contributed by atoms with E-state index >= 15 is 0 Å². The van der Waals surface area contributed by atoms with Gasteiger partial charge in [0.1, 0.15) is 0 Å². The molecule has 0 aromatic heterocycles. The molecule has 6 heteroatoms. The fraction of sp³-hybridized carbons (Fsp3) is 0.273. The molecule has 0 unspecified atom stereocenters. The van der Waals surface area contributed by atoms with E-state index in [-0.39, 0.29) is 5.91 Å². The van der Waals surface area contributed by atoms with Crippen molar-refractivity contribution < 1.29 is 14.3 Å². The lowest BCUT2D eigenvalue weighted by Crippen LogP contribution is -2.19. The Morgan fingerprint density at radius 3 is 2.76 bits per heavy atom. The first-order chi connectivity index (χ1) is 8.08. The predicted molar refractivity (Wildman–Crippen MR) is 69.2 cm³/mol. The van der Waals surface area contributed by atoms with Gasteiger partial charge < -0.3 is 4.74 Å². The molecule has 1 rings (SSSR count). The Bertz CT molecular complexity index is 423. The fourth-order valence-corrected chi connectivity index (χ4v) is 1.44. The number of anilines is 2. The van der Waals surface area contributed by atoms with E-state index in [2.05, 4.69) is 22.9 Å². The number of hydrogen-bond donors (Lipinski definition) is 2. The Balaban J connectivity index is 2.85. The summed E-state index contributed by atoms with van der Waals surface area (Å²) in [5.74, 6) is -0.122. The van der Waals surface area contributed by atoms with Gasteiger partial charge in [0.15, 0.2) is 0 Å². The molecule has 0 bridgehead atoms. The Labute approximate surface area is 105 Å². The van der Waals surface area contributed by atoms with Crippen molar-refractivity contribution >= 4 is 36.2 Å². The second-order valence-electron chi connectivity index (χ2n) is 3.23. The van der Waals surface area contributed by atoms with Crippen molar-refractivity contribution in [1.82, 2.24) is 0 Å². The highest BCUT2D eigenvalue weighted by atomic mass is 32.1. The van der Waals surface area contributed by atoms with E-state index < -0.39 is 6.09 Å². The highest BCUT2D eigenvalue weighted by molar-refractivity contribution is 7.82. The molecule has 0 saturated carbocycles. The number of carbonyl (C=O) groups excluding carboxylic acids is 2. The molecule has 0 spiro atoms. The van der Waals surface area contributed by atoms with Crippen molar-refractivity contribution in [3.8, 4) is 0 Å². The minimum absolute atomic E-state index is 0.122. The van der Waals surface area contributed by atoms with E-state index in [1.165, 1.54) is 11.4 Å². The number of rotatable bonds is 3. The topological polar surface area (TPSA) is 58.6 Å². The maximum atomic E-state index is 11.4. The molecule has 1 aromatic rings. The molecule has 0 aliphatic carbocycles. The van der Waals surface area contributed by atoms with Gasteiger partial charge in [0.2, 0.25) is 5.91 Å².